The number of rotatable bonds is 9. The number of halogens is 3. The SMILES string of the molecule is CC1=C(C(=O)OCC(F)(F)F)C(c2cccc([N+](=O)[O-])c2)C(c2nc(CN(C)Cc3ccccc3)no2)=C(C)N1. The highest BCUT2D eigenvalue weighted by Gasteiger charge is 2.39. The molecule has 210 valence electrons. The van der Waals surface area contributed by atoms with Crippen LogP contribution in [0.15, 0.2) is 76.1 Å². The van der Waals surface area contributed by atoms with Crippen LogP contribution in [0.5, 0.6) is 0 Å². The third-order valence-electron chi connectivity index (χ3n) is 6.17. The van der Waals surface area contributed by atoms with Crippen molar-refractivity contribution in [3.05, 3.63) is 105 Å². The van der Waals surface area contributed by atoms with Gasteiger partial charge in [-0.3, -0.25) is 15.0 Å². The number of dihydropyridines is 1. The zero-order valence-corrected chi connectivity index (χ0v) is 21.9. The number of alkyl halides is 3. The summed E-state index contributed by atoms with van der Waals surface area (Å²) in [5.41, 5.74) is 1.92. The van der Waals surface area contributed by atoms with Crippen molar-refractivity contribution in [2.45, 2.75) is 39.0 Å². The van der Waals surface area contributed by atoms with Crippen LogP contribution >= 0.6 is 0 Å². The molecule has 1 aliphatic rings. The van der Waals surface area contributed by atoms with E-state index in [9.17, 15) is 28.1 Å². The molecule has 1 unspecified atom stereocenters. The molecule has 4 rings (SSSR count). The number of aromatic nitrogens is 2. The van der Waals surface area contributed by atoms with Crippen molar-refractivity contribution in [1.82, 2.24) is 20.4 Å². The first kappa shape index (κ1) is 28.5. The van der Waals surface area contributed by atoms with Crippen LogP contribution in [0.1, 0.15) is 42.6 Å². The smallest absolute Gasteiger partial charge is 0.422 e. The van der Waals surface area contributed by atoms with Gasteiger partial charge in [0.25, 0.3) is 11.6 Å². The molecular weight excluding hydrogens is 531 g/mol. The minimum atomic E-state index is -4.74. The number of hydrogen-bond acceptors (Lipinski definition) is 9. The highest BCUT2D eigenvalue weighted by molar-refractivity contribution is 5.97. The number of nitrogens with one attached hydrogen (secondary N) is 1. The number of carbonyl (C=O) groups is 1. The number of nitro groups is 1. The molecule has 1 N–H and O–H groups in total. The van der Waals surface area contributed by atoms with Gasteiger partial charge in [-0.15, -0.1) is 0 Å². The fraction of sp³-hybridized carbons (Fsp3) is 0.296. The molecule has 0 aliphatic carbocycles. The second-order valence-corrected chi connectivity index (χ2v) is 9.35. The van der Waals surface area contributed by atoms with Crippen molar-refractivity contribution in [2.75, 3.05) is 13.7 Å². The molecule has 1 aromatic heterocycles. The standard InChI is InChI=1S/C27H26F3N5O5/c1-16-22(25-32-21(33-40-25)14-34(3)13-18-8-5-4-6-9-18)24(19-10-7-11-20(12-19)35(37)38)23(17(2)31-16)26(36)39-15-27(28,29)30/h4-12,24,31H,13-15H2,1-3H3. The number of non-ortho nitro benzene ring substituents is 1. The summed E-state index contributed by atoms with van der Waals surface area (Å²) in [4.78, 5) is 30.4. The number of benzene rings is 2. The van der Waals surface area contributed by atoms with E-state index in [1.165, 1.54) is 31.2 Å². The number of nitro benzene ring substituents is 1. The Kier molecular flexibility index (Phi) is 8.33. The number of hydrogen-bond donors (Lipinski definition) is 1. The average Bonchev–Trinajstić information content (AvgIpc) is 3.34. The zero-order valence-electron chi connectivity index (χ0n) is 21.9. The Bertz CT molecular complexity index is 1470. The van der Waals surface area contributed by atoms with Gasteiger partial charge in [-0.05, 0) is 32.0 Å². The van der Waals surface area contributed by atoms with Crippen molar-refractivity contribution in [2.24, 2.45) is 0 Å². The molecule has 1 atom stereocenters. The van der Waals surface area contributed by atoms with Crippen LogP contribution in [0, 0.1) is 10.1 Å². The Labute approximate surface area is 227 Å². The van der Waals surface area contributed by atoms with Gasteiger partial charge in [0, 0.05) is 35.6 Å². The average molecular weight is 558 g/mol. The number of carbonyl (C=O) groups excluding carboxylic acids is 1. The lowest BCUT2D eigenvalue weighted by Crippen LogP contribution is -2.30. The fourth-order valence-electron chi connectivity index (χ4n) is 4.54. The molecule has 0 amide bonds. The highest BCUT2D eigenvalue weighted by Crippen LogP contribution is 2.44. The molecule has 3 aromatic rings. The third-order valence-corrected chi connectivity index (χ3v) is 6.17. The lowest BCUT2D eigenvalue weighted by Gasteiger charge is -2.30. The van der Waals surface area contributed by atoms with Gasteiger partial charge in [-0.1, -0.05) is 47.6 Å². The first-order valence-corrected chi connectivity index (χ1v) is 12.1. The van der Waals surface area contributed by atoms with Crippen LogP contribution < -0.4 is 5.32 Å². The Morgan fingerprint density at radius 1 is 1.12 bits per heavy atom. The Hall–Kier alpha value is -4.52. The predicted octanol–water partition coefficient (Wildman–Crippen LogP) is 5.11. The van der Waals surface area contributed by atoms with Gasteiger partial charge in [0.2, 0.25) is 0 Å². The molecular formula is C27H26F3N5O5. The highest BCUT2D eigenvalue weighted by atomic mass is 19.4. The number of nitrogens with zero attached hydrogens (tertiary/aromatic N) is 4. The quantitative estimate of drug-likeness (QED) is 0.217. The van der Waals surface area contributed by atoms with Crippen molar-refractivity contribution >= 4 is 17.2 Å². The summed E-state index contributed by atoms with van der Waals surface area (Å²) < 4.78 is 48.7. The van der Waals surface area contributed by atoms with Crippen molar-refractivity contribution in [3.63, 3.8) is 0 Å². The number of allylic oxidation sites excluding steroid dienone is 3. The lowest BCUT2D eigenvalue weighted by molar-refractivity contribution is -0.384. The monoisotopic (exact) mass is 557 g/mol. The van der Waals surface area contributed by atoms with E-state index in [0.29, 0.717) is 24.6 Å². The Morgan fingerprint density at radius 3 is 2.52 bits per heavy atom. The third kappa shape index (κ3) is 6.72. The van der Waals surface area contributed by atoms with Crippen molar-refractivity contribution in [3.8, 4) is 0 Å². The van der Waals surface area contributed by atoms with Crippen LogP contribution in [0.25, 0.3) is 5.57 Å². The van der Waals surface area contributed by atoms with Gasteiger partial charge < -0.3 is 14.6 Å². The van der Waals surface area contributed by atoms with Crippen molar-refractivity contribution < 1.29 is 32.1 Å². The molecule has 0 fully saturated rings. The van der Waals surface area contributed by atoms with E-state index in [0.717, 1.165) is 5.56 Å². The summed E-state index contributed by atoms with van der Waals surface area (Å²) in [6.07, 6.45) is -4.74. The predicted molar refractivity (Wildman–Crippen MR) is 137 cm³/mol. The van der Waals surface area contributed by atoms with Gasteiger partial charge in [0.05, 0.1) is 23.0 Å². The van der Waals surface area contributed by atoms with Gasteiger partial charge >= 0.3 is 12.1 Å². The van der Waals surface area contributed by atoms with Crippen LogP contribution in [-0.2, 0) is 22.6 Å². The summed E-state index contributed by atoms with van der Waals surface area (Å²) in [5, 5.41) is 18.5. The molecule has 1 aliphatic heterocycles. The summed E-state index contributed by atoms with van der Waals surface area (Å²) in [6.45, 7) is 2.32. The molecule has 0 saturated heterocycles. The molecule has 2 aromatic carbocycles. The molecule has 10 nitrogen and oxygen atoms in total. The minimum absolute atomic E-state index is 0.0123. The maximum absolute atomic E-state index is 13.0. The molecule has 0 saturated carbocycles. The molecule has 13 heteroatoms. The maximum Gasteiger partial charge on any atom is 0.422 e. The van der Waals surface area contributed by atoms with E-state index in [4.69, 9.17) is 4.52 Å². The number of ether oxygens (including phenoxy) is 1. The second kappa shape index (κ2) is 11.7. The molecule has 0 radical (unpaired) electrons. The maximum atomic E-state index is 13.0. The molecule has 2 heterocycles. The lowest BCUT2D eigenvalue weighted by atomic mass is 9.80. The normalized spacial score (nSPS) is 15.8. The number of esters is 1. The fourth-order valence-corrected chi connectivity index (χ4v) is 4.54. The van der Waals surface area contributed by atoms with Gasteiger partial charge in [0.1, 0.15) is 0 Å². The summed E-state index contributed by atoms with van der Waals surface area (Å²) in [5.74, 6) is -1.97. The topological polar surface area (TPSA) is 124 Å². The second-order valence-electron chi connectivity index (χ2n) is 9.35. The van der Waals surface area contributed by atoms with Crippen LogP contribution in [-0.4, -0.2) is 45.8 Å². The molecule has 40 heavy (non-hydrogen) atoms. The molecule has 0 spiro atoms. The van der Waals surface area contributed by atoms with E-state index >= 15 is 0 Å². The van der Waals surface area contributed by atoms with Gasteiger partial charge in [-0.25, -0.2) is 4.79 Å². The molecule has 0 bridgehead atoms. The van der Waals surface area contributed by atoms with E-state index in [1.54, 1.807) is 6.92 Å². The van der Waals surface area contributed by atoms with Crippen molar-refractivity contribution in [1.29, 1.82) is 0 Å². The van der Waals surface area contributed by atoms with E-state index in [2.05, 4.69) is 20.2 Å². The van der Waals surface area contributed by atoms with Gasteiger partial charge in [-0.2, -0.15) is 18.2 Å². The Balaban J connectivity index is 1.70. The van der Waals surface area contributed by atoms with Gasteiger partial charge in [0.15, 0.2) is 12.4 Å². The van der Waals surface area contributed by atoms with E-state index in [-0.39, 0.29) is 34.0 Å². The van der Waals surface area contributed by atoms with Crippen LogP contribution in [0.3, 0.4) is 0 Å². The Morgan fingerprint density at radius 2 is 1.85 bits per heavy atom. The summed E-state index contributed by atoms with van der Waals surface area (Å²) >= 11 is 0. The van der Waals surface area contributed by atoms with E-state index < -0.39 is 29.6 Å². The van der Waals surface area contributed by atoms with Crippen LogP contribution in [0.4, 0.5) is 18.9 Å². The summed E-state index contributed by atoms with van der Waals surface area (Å²) in [7, 11) is 1.88. The van der Waals surface area contributed by atoms with Crippen LogP contribution in [0.2, 0.25) is 0 Å². The zero-order chi connectivity index (χ0) is 29.0. The minimum Gasteiger partial charge on any atom is -0.453 e. The first-order valence-electron chi connectivity index (χ1n) is 12.1. The largest absolute Gasteiger partial charge is 0.453 e. The first-order chi connectivity index (χ1) is 18.9. The summed E-state index contributed by atoms with van der Waals surface area (Å²) in [6, 6.07) is 15.2. The van der Waals surface area contributed by atoms with E-state index in [1.807, 2.05) is 42.3 Å².